The zero-order valence-corrected chi connectivity index (χ0v) is 14.5. The molecule has 2 rings (SSSR count). The van der Waals surface area contributed by atoms with Crippen molar-refractivity contribution < 1.29 is 13.2 Å². The van der Waals surface area contributed by atoms with Crippen LogP contribution in [0.25, 0.3) is 0 Å². The fraction of sp³-hybridized carbons (Fsp3) is 0.167. The van der Waals surface area contributed by atoms with Gasteiger partial charge >= 0.3 is 0 Å². The molecule has 0 atom stereocenters. The Morgan fingerprint density at radius 3 is 2.38 bits per heavy atom. The molecule has 0 saturated heterocycles. The van der Waals surface area contributed by atoms with E-state index in [1.165, 1.54) is 18.2 Å². The molecule has 0 aliphatic rings. The van der Waals surface area contributed by atoms with Gasteiger partial charge in [-0.05, 0) is 43.2 Å². The first kappa shape index (κ1) is 17.9. The minimum atomic E-state index is -3.67. The zero-order chi connectivity index (χ0) is 17.7. The van der Waals surface area contributed by atoms with Crippen LogP contribution in [0.1, 0.15) is 21.5 Å². The highest BCUT2D eigenvalue weighted by atomic mass is 32.2. The van der Waals surface area contributed by atoms with Crippen molar-refractivity contribution in [1.82, 2.24) is 4.72 Å². The molecule has 2 N–H and O–H groups in total. The highest BCUT2D eigenvalue weighted by molar-refractivity contribution is 7.89. The average molecular weight is 344 g/mol. The standard InChI is InChI=1S/C18H20N2O3S/c1-4-11-19-24(22,23)16-10-6-9-15(12-16)18(21)20-17-13(2)7-5-8-14(17)3/h4-10,12,19H,1,11H2,2-3H3,(H,20,21). The molecular formula is C18H20N2O3S. The lowest BCUT2D eigenvalue weighted by molar-refractivity contribution is 0.102. The van der Waals surface area contributed by atoms with Crippen molar-refractivity contribution in [3.05, 3.63) is 71.8 Å². The van der Waals surface area contributed by atoms with Crippen LogP contribution in [0.3, 0.4) is 0 Å². The second-order valence-corrected chi connectivity index (χ2v) is 7.16. The molecular weight excluding hydrogens is 324 g/mol. The number of para-hydroxylation sites is 1. The van der Waals surface area contributed by atoms with Crippen molar-refractivity contribution in [2.24, 2.45) is 0 Å². The number of benzene rings is 2. The molecule has 24 heavy (non-hydrogen) atoms. The first-order chi connectivity index (χ1) is 11.3. The number of anilines is 1. The highest BCUT2D eigenvalue weighted by Crippen LogP contribution is 2.21. The molecule has 0 radical (unpaired) electrons. The summed E-state index contributed by atoms with van der Waals surface area (Å²) >= 11 is 0. The van der Waals surface area contributed by atoms with Crippen LogP contribution < -0.4 is 10.0 Å². The van der Waals surface area contributed by atoms with Gasteiger partial charge < -0.3 is 5.32 Å². The van der Waals surface area contributed by atoms with Crippen LogP contribution in [-0.2, 0) is 10.0 Å². The van der Waals surface area contributed by atoms with E-state index in [4.69, 9.17) is 0 Å². The minimum absolute atomic E-state index is 0.0403. The Morgan fingerprint density at radius 2 is 1.75 bits per heavy atom. The number of carbonyl (C=O) groups excluding carboxylic acids is 1. The Morgan fingerprint density at radius 1 is 1.12 bits per heavy atom. The van der Waals surface area contributed by atoms with Crippen LogP contribution in [0.2, 0.25) is 0 Å². The monoisotopic (exact) mass is 344 g/mol. The molecule has 0 aliphatic heterocycles. The smallest absolute Gasteiger partial charge is 0.255 e. The third-order valence-corrected chi connectivity index (χ3v) is 4.97. The van der Waals surface area contributed by atoms with Crippen LogP contribution in [0.5, 0.6) is 0 Å². The lowest BCUT2D eigenvalue weighted by Gasteiger charge is -2.12. The van der Waals surface area contributed by atoms with Crippen molar-refractivity contribution in [2.75, 3.05) is 11.9 Å². The number of amides is 1. The van der Waals surface area contributed by atoms with Crippen molar-refractivity contribution >= 4 is 21.6 Å². The van der Waals surface area contributed by atoms with Crippen molar-refractivity contribution in [2.45, 2.75) is 18.7 Å². The fourth-order valence-electron chi connectivity index (χ4n) is 2.25. The maximum atomic E-state index is 12.5. The Kier molecular flexibility index (Phi) is 5.54. The maximum Gasteiger partial charge on any atom is 0.255 e. The molecule has 2 aromatic carbocycles. The summed E-state index contributed by atoms with van der Waals surface area (Å²) in [5, 5.41) is 2.85. The number of hydrogen-bond donors (Lipinski definition) is 2. The summed E-state index contributed by atoms with van der Waals surface area (Å²) in [5.74, 6) is -0.354. The second kappa shape index (κ2) is 7.42. The Hall–Kier alpha value is -2.44. The molecule has 126 valence electrons. The lowest BCUT2D eigenvalue weighted by atomic mass is 10.1. The van der Waals surface area contributed by atoms with Gasteiger partial charge in [0.2, 0.25) is 10.0 Å². The Bertz CT molecular complexity index is 853. The van der Waals surface area contributed by atoms with E-state index in [1.807, 2.05) is 32.0 Å². The van der Waals surface area contributed by atoms with Crippen LogP contribution in [-0.4, -0.2) is 20.9 Å². The van der Waals surface area contributed by atoms with Gasteiger partial charge in [0.1, 0.15) is 0 Å². The minimum Gasteiger partial charge on any atom is -0.322 e. The number of carbonyl (C=O) groups is 1. The number of hydrogen-bond acceptors (Lipinski definition) is 3. The molecule has 0 aromatic heterocycles. The highest BCUT2D eigenvalue weighted by Gasteiger charge is 2.16. The molecule has 1 amide bonds. The fourth-order valence-corrected chi connectivity index (χ4v) is 3.30. The topological polar surface area (TPSA) is 75.3 Å². The molecule has 0 unspecified atom stereocenters. The van der Waals surface area contributed by atoms with Gasteiger partial charge in [0, 0.05) is 17.8 Å². The van der Waals surface area contributed by atoms with Gasteiger partial charge in [0.15, 0.2) is 0 Å². The number of sulfonamides is 1. The van der Waals surface area contributed by atoms with Crippen molar-refractivity contribution in [3.63, 3.8) is 0 Å². The molecule has 2 aromatic rings. The second-order valence-electron chi connectivity index (χ2n) is 5.39. The quantitative estimate of drug-likeness (QED) is 0.791. The van der Waals surface area contributed by atoms with E-state index < -0.39 is 10.0 Å². The number of rotatable bonds is 6. The summed E-state index contributed by atoms with van der Waals surface area (Å²) in [6.07, 6.45) is 1.45. The first-order valence-corrected chi connectivity index (χ1v) is 8.91. The summed E-state index contributed by atoms with van der Waals surface area (Å²) < 4.78 is 26.7. The molecule has 0 saturated carbocycles. The molecule has 0 bridgehead atoms. The third kappa shape index (κ3) is 4.10. The van der Waals surface area contributed by atoms with E-state index in [0.717, 1.165) is 16.8 Å². The predicted octanol–water partition coefficient (Wildman–Crippen LogP) is 3.02. The van der Waals surface area contributed by atoms with Crippen molar-refractivity contribution in [3.8, 4) is 0 Å². The van der Waals surface area contributed by atoms with E-state index in [2.05, 4.69) is 16.6 Å². The van der Waals surface area contributed by atoms with Gasteiger partial charge in [-0.1, -0.05) is 30.3 Å². The van der Waals surface area contributed by atoms with Gasteiger partial charge in [-0.15, -0.1) is 6.58 Å². The van der Waals surface area contributed by atoms with Gasteiger partial charge in [0.25, 0.3) is 5.91 Å². The average Bonchev–Trinajstić information content (AvgIpc) is 2.56. The van der Waals surface area contributed by atoms with E-state index >= 15 is 0 Å². The molecule has 6 heteroatoms. The van der Waals surface area contributed by atoms with E-state index in [1.54, 1.807) is 12.1 Å². The van der Waals surface area contributed by atoms with Crippen LogP contribution in [0, 0.1) is 13.8 Å². The molecule has 0 aliphatic carbocycles. The van der Waals surface area contributed by atoms with Gasteiger partial charge in [-0.25, -0.2) is 13.1 Å². The summed E-state index contributed by atoms with van der Waals surface area (Å²) in [6.45, 7) is 7.41. The molecule has 0 fully saturated rings. The zero-order valence-electron chi connectivity index (χ0n) is 13.7. The molecule has 5 nitrogen and oxygen atoms in total. The summed E-state index contributed by atoms with van der Waals surface area (Å²) in [4.78, 5) is 12.5. The maximum absolute atomic E-state index is 12.5. The summed E-state index contributed by atoms with van der Waals surface area (Å²) in [5.41, 5.74) is 2.90. The Labute approximate surface area is 142 Å². The SMILES string of the molecule is C=CCNS(=O)(=O)c1cccc(C(=O)Nc2c(C)cccc2C)c1. The van der Waals surface area contributed by atoms with Gasteiger partial charge in [0.05, 0.1) is 4.90 Å². The summed E-state index contributed by atoms with van der Waals surface area (Å²) in [7, 11) is -3.67. The number of aryl methyl sites for hydroxylation is 2. The van der Waals surface area contributed by atoms with E-state index in [-0.39, 0.29) is 22.9 Å². The molecule has 0 spiro atoms. The van der Waals surface area contributed by atoms with Crippen molar-refractivity contribution in [1.29, 1.82) is 0 Å². The third-order valence-electron chi connectivity index (χ3n) is 3.54. The first-order valence-electron chi connectivity index (χ1n) is 7.43. The molecule has 0 heterocycles. The normalized spacial score (nSPS) is 11.1. The predicted molar refractivity (Wildman–Crippen MR) is 95.7 cm³/mol. The van der Waals surface area contributed by atoms with Crippen LogP contribution >= 0.6 is 0 Å². The van der Waals surface area contributed by atoms with Gasteiger partial charge in [-0.2, -0.15) is 0 Å². The van der Waals surface area contributed by atoms with Gasteiger partial charge in [-0.3, -0.25) is 4.79 Å². The largest absolute Gasteiger partial charge is 0.322 e. The van der Waals surface area contributed by atoms with Crippen LogP contribution in [0.15, 0.2) is 60.0 Å². The van der Waals surface area contributed by atoms with Crippen LogP contribution in [0.4, 0.5) is 5.69 Å². The summed E-state index contributed by atoms with van der Waals surface area (Å²) in [6, 6.07) is 11.7. The number of nitrogens with one attached hydrogen (secondary N) is 2. The Balaban J connectivity index is 2.28. The van der Waals surface area contributed by atoms with E-state index in [0.29, 0.717) is 0 Å². The van der Waals surface area contributed by atoms with E-state index in [9.17, 15) is 13.2 Å². The lowest BCUT2D eigenvalue weighted by Crippen LogP contribution is -2.24.